The van der Waals surface area contributed by atoms with E-state index in [-0.39, 0.29) is 0 Å². The first kappa shape index (κ1) is 23.2. The number of rotatable bonds is 10. The summed E-state index contributed by atoms with van der Waals surface area (Å²) in [5, 5.41) is 0. The van der Waals surface area contributed by atoms with Crippen molar-refractivity contribution in [2.75, 3.05) is 20.1 Å². The highest BCUT2D eigenvalue weighted by Gasteiger charge is 2.24. The molecule has 0 heterocycles. The molecule has 0 saturated carbocycles. The van der Waals surface area contributed by atoms with Gasteiger partial charge in [0, 0.05) is 11.1 Å². The lowest BCUT2D eigenvalue weighted by Gasteiger charge is -2.24. The van der Waals surface area contributed by atoms with Crippen molar-refractivity contribution in [3.05, 3.63) is 59.7 Å². The van der Waals surface area contributed by atoms with Crippen LogP contribution in [0.15, 0.2) is 48.5 Å². The maximum Gasteiger partial charge on any atom is 0.124 e. The van der Waals surface area contributed by atoms with Gasteiger partial charge in [-0.2, -0.15) is 0 Å². The van der Waals surface area contributed by atoms with Crippen molar-refractivity contribution < 1.29 is 18.5 Å². The Hall–Kier alpha value is -0.0400. The van der Waals surface area contributed by atoms with Gasteiger partial charge in [0.1, 0.15) is 22.4 Å². The van der Waals surface area contributed by atoms with Gasteiger partial charge in [0.05, 0.1) is 33.3 Å². The zero-order valence-corrected chi connectivity index (χ0v) is 20.2. The van der Waals surface area contributed by atoms with Crippen LogP contribution in [-0.2, 0) is 45.9 Å². The summed E-state index contributed by atoms with van der Waals surface area (Å²) in [4.78, 5) is 0. The summed E-state index contributed by atoms with van der Waals surface area (Å²) in [6, 6.07) is 15.2. The van der Waals surface area contributed by atoms with E-state index in [1.807, 2.05) is 48.5 Å². The van der Waals surface area contributed by atoms with Crippen LogP contribution in [0.2, 0.25) is 0 Å². The van der Waals surface area contributed by atoms with E-state index < -0.39 is 10.9 Å². The first-order valence-corrected chi connectivity index (χ1v) is 16.0. The third-order valence-corrected chi connectivity index (χ3v) is 13.2. The highest BCUT2D eigenvalue weighted by Crippen LogP contribution is 2.68. The molecule has 0 bridgehead atoms. The van der Waals surface area contributed by atoms with Crippen LogP contribution >= 0.6 is 35.4 Å². The molecule has 148 valence electrons. The maximum absolute atomic E-state index is 5.91. The fourth-order valence-corrected chi connectivity index (χ4v) is 15.3. The summed E-state index contributed by atoms with van der Waals surface area (Å²) >= 11 is 20.3. The van der Waals surface area contributed by atoms with Crippen molar-refractivity contribution >= 4 is 59.0 Å². The molecule has 10 heteroatoms. The molecule has 0 spiro atoms. The predicted molar refractivity (Wildman–Crippen MR) is 127 cm³/mol. The minimum absolute atomic E-state index is 0.306. The molecule has 27 heavy (non-hydrogen) atoms. The lowest BCUT2D eigenvalue weighted by Crippen LogP contribution is -1.98. The highest BCUT2D eigenvalue weighted by atomic mass is 32.9. The van der Waals surface area contributed by atoms with Crippen molar-refractivity contribution in [3.63, 3.8) is 0 Å². The van der Waals surface area contributed by atoms with Gasteiger partial charge in [-0.25, -0.2) is 0 Å². The van der Waals surface area contributed by atoms with Crippen LogP contribution in [0.5, 0.6) is 11.5 Å². The molecular formula is C17H22O4P2S4. The molecular weight excluding hydrogens is 458 g/mol. The highest BCUT2D eigenvalue weighted by molar-refractivity contribution is 8.69. The van der Waals surface area contributed by atoms with Crippen molar-refractivity contribution in [2.24, 2.45) is 0 Å². The van der Waals surface area contributed by atoms with Gasteiger partial charge >= 0.3 is 0 Å². The van der Waals surface area contributed by atoms with Crippen LogP contribution in [0.1, 0.15) is 11.1 Å². The number of benzene rings is 2. The number of thiol groups is 2. The Balaban J connectivity index is 1.96. The Labute approximate surface area is 181 Å². The van der Waals surface area contributed by atoms with Crippen molar-refractivity contribution in [2.45, 2.75) is 13.2 Å². The number of para-hydroxylation sites is 2. The SMILES string of the molecule is COc1ccccc1COP(=S)(S)CP(=S)(S)OCc1ccccc1OC. The average Bonchev–Trinajstić information content (AvgIpc) is 2.64. The standard InChI is InChI=1S/C17H22O4P2S4/c1-18-16-9-5-3-7-14(16)11-20-22(24,25)13-23(26,27)21-12-15-8-4-6-10-17(15)19-2/h3-10H,11-13H2,1-2H3,(H,24,25)(H,26,27). The molecule has 0 fully saturated rings. The summed E-state index contributed by atoms with van der Waals surface area (Å²) in [7, 11) is 3.24. The Morgan fingerprint density at radius 2 is 1.11 bits per heavy atom. The second-order valence-electron chi connectivity index (χ2n) is 5.59. The lowest BCUT2D eigenvalue weighted by molar-refractivity contribution is 0.327. The van der Waals surface area contributed by atoms with Crippen LogP contribution in [0.4, 0.5) is 0 Å². The molecule has 2 rings (SSSR count). The van der Waals surface area contributed by atoms with Crippen molar-refractivity contribution in [1.82, 2.24) is 0 Å². The van der Waals surface area contributed by atoms with Crippen molar-refractivity contribution in [3.8, 4) is 11.5 Å². The molecule has 4 nitrogen and oxygen atoms in total. The van der Waals surface area contributed by atoms with Crippen molar-refractivity contribution in [1.29, 1.82) is 0 Å². The van der Waals surface area contributed by atoms with Crippen LogP contribution in [-0.4, -0.2) is 20.1 Å². The predicted octanol–water partition coefficient (Wildman–Crippen LogP) is 5.87. The summed E-state index contributed by atoms with van der Waals surface area (Å²) in [6.07, 6.45) is 0. The second kappa shape index (κ2) is 10.7. The monoisotopic (exact) mass is 480 g/mol. The molecule has 0 aliphatic carbocycles. The van der Waals surface area contributed by atoms with E-state index in [2.05, 4.69) is 24.5 Å². The van der Waals surface area contributed by atoms with Crippen LogP contribution in [0, 0.1) is 0 Å². The lowest BCUT2D eigenvalue weighted by atomic mass is 10.2. The first-order chi connectivity index (χ1) is 12.8. The first-order valence-electron chi connectivity index (χ1n) is 7.93. The molecule has 2 aromatic rings. The van der Waals surface area contributed by atoms with Gasteiger partial charge in [-0.05, 0) is 12.1 Å². The van der Waals surface area contributed by atoms with E-state index in [0.29, 0.717) is 19.1 Å². The van der Waals surface area contributed by atoms with Crippen LogP contribution in [0.3, 0.4) is 0 Å². The van der Waals surface area contributed by atoms with Gasteiger partial charge in [-0.15, -0.1) is 24.5 Å². The summed E-state index contributed by atoms with van der Waals surface area (Å²) in [5.74, 6) is 1.83. The average molecular weight is 481 g/mol. The fourth-order valence-electron chi connectivity index (χ4n) is 2.29. The molecule has 0 saturated heterocycles. The molecule has 0 N–H and O–H groups in total. The minimum atomic E-state index is -2.47. The summed E-state index contributed by atoms with van der Waals surface area (Å²) in [5.41, 5.74) is -3.11. The molecule has 0 aromatic heterocycles. The Morgan fingerprint density at radius 1 is 0.741 bits per heavy atom. The second-order valence-corrected chi connectivity index (χ2v) is 18.8. The van der Waals surface area contributed by atoms with Gasteiger partial charge in [0.15, 0.2) is 0 Å². The van der Waals surface area contributed by atoms with Gasteiger partial charge in [0.2, 0.25) is 0 Å². The summed E-state index contributed by atoms with van der Waals surface area (Å²) in [6.45, 7) is 0.612. The Kier molecular flexibility index (Phi) is 9.17. The maximum atomic E-state index is 5.91. The largest absolute Gasteiger partial charge is 0.496 e. The number of hydrogen-bond acceptors (Lipinski definition) is 6. The molecule has 0 aliphatic rings. The van der Waals surface area contributed by atoms with Gasteiger partial charge in [-0.1, -0.05) is 60.0 Å². The third-order valence-electron chi connectivity index (χ3n) is 3.59. The van der Waals surface area contributed by atoms with Gasteiger partial charge < -0.3 is 18.5 Å². The zero-order valence-electron chi connectivity index (χ0n) is 15.0. The van der Waals surface area contributed by atoms with Crippen LogP contribution in [0.25, 0.3) is 0 Å². The number of ether oxygens (including phenoxy) is 2. The van der Waals surface area contributed by atoms with Gasteiger partial charge in [0.25, 0.3) is 0 Å². The third kappa shape index (κ3) is 7.71. The number of hydrogen-bond donors (Lipinski definition) is 2. The molecule has 0 aliphatic heterocycles. The van der Waals surface area contributed by atoms with E-state index in [0.717, 1.165) is 22.6 Å². The fraction of sp³-hybridized carbons (Fsp3) is 0.294. The van der Waals surface area contributed by atoms with E-state index in [4.69, 9.17) is 42.1 Å². The smallest absolute Gasteiger partial charge is 0.124 e. The quantitative estimate of drug-likeness (QED) is 0.327. The molecule has 2 aromatic carbocycles. The van der Waals surface area contributed by atoms with E-state index in [1.54, 1.807) is 14.2 Å². The number of methoxy groups -OCH3 is 2. The Bertz CT molecular complexity index is 793. The molecule has 0 amide bonds. The summed E-state index contributed by atoms with van der Waals surface area (Å²) < 4.78 is 22.5. The van der Waals surface area contributed by atoms with E-state index in [1.165, 1.54) is 0 Å². The molecule has 2 unspecified atom stereocenters. The molecule has 0 radical (unpaired) electrons. The minimum Gasteiger partial charge on any atom is -0.496 e. The van der Waals surface area contributed by atoms with E-state index >= 15 is 0 Å². The zero-order chi connectivity index (χ0) is 19.9. The Morgan fingerprint density at radius 3 is 1.48 bits per heavy atom. The van der Waals surface area contributed by atoms with Crippen LogP contribution < -0.4 is 9.47 Å². The van der Waals surface area contributed by atoms with E-state index in [9.17, 15) is 0 Å². The molecule has 2 atom stereocenters. The van der Waals surface area contributed by atoms with Gasteiger partial charge in [-0.3, -0.25) is 0 Å². The normalized spacial score (nSPS) is 15.6. The topological polar surface area (TPSA) is 36.9 Å².